The van der Waals surface area contributed by atoms with E-state index in [0.717, 1.165) is 17.5 Å². The van der Waals surface area contributed by atoms with Crippen molar-refractivity contribution in [3.63, 3.8) is 0 Å². The summed E-state index contributed by atoms with van der Waals surface area (Å²) in [6.45, 7) is 0.639. The van der Waals surface area contributed by atoms with E-state index >= 15 is 0 Å². The van der Waals surface area contributed by atoms with Crippen LogP contribution in [0.1, 0.15) is 24.1 Å². The fourth-order valence-corrected chi connectivity index (χ4v) is 1.40. The minimum Gasteiger partial charge on any atom is -0.370 e. The standard InChI is InChI=1S/C12H16F3NO/c1-2-9-3-5-10(6-4-9)11(16)7-17-8-12(13,14)15/h3-6,11H,2,7-8,16H2,1H3. The highest BCUT2D eigenvalue weighted by atomic mass is 19.4. The van der Waals surface area contributed by atoms with Gasteiger partial charge in [-0.05, 0) is 17.5 Å². The molecule has 1 aromatic rings. The Hall–Kier alpha value is -1.07. The minimum absolute atomic E-state index is 0.134. The second-order valence-corrected chi connectivity index (χ2v) is 3.83. The van der Waals surface area contributed by atoms with Crippen LogP contribution in [0, 0.1) is 0 Å². The first-order valence-electron chi connectivity index (χ1n) is 5.41. The Morgan fingerprint density at radius 3 is 2.29 bits per heavy atom. The lowest BCUT2D eigenvalue weighted by atomic mass is 10.1. The number of halogens is 3. The van der Waals surface area contributed by atoms with Crippen molar-refractivity contribution in [3.8, 4) is 0 Å². The Morgan fingerprint density at radius 1 is 1.24 bits per heavy atom. The van der Waals surface area contributed by atoms with Gasteiger partial charge in [-0.15, -0.1) is 0 Å². The van der Waals surface area contributed by atoms with Gasteiger partial charge in [0.2, 0.25) is 0 Å². The van der Waals surface area contributed by atoms with E-state index < -0.39 is 18.8 Å². The number of hydrogen-bond acceptors (Lipinski definition) is 2. The zero-order valence-electron chi connectivity index (χ0n) is 9.63. The van der Waals surface area contributed by atoms with Crippen molar-refractivity contribution in [2.75, 3.05) is 13.2 Å². The lowest BCUT2D eigenvalue weighted by Crippen LogP contribution is -2.23. The summed E-state index contributed by atoms with van der Waals surface area (Å²) >= 11 is 0. The zero-order valence-corrected chi connectivity index (χ0v) is 9.63. The molecule has 0 saturated carbocycles. The van der Waals surface area contributed by atoms with Crippen molar-refractivity contribution in [1.82, 2.24) is 0 Å². The van der Waals surface area contributed by atoms with E-state index in [2.05, 4.69) is 4.74 Å². The third-order valence-corrected chi connectivity index (χ3v) is 2.38. The lowest BCUT2D eigenvalue weighted by molar-refractivity contribution is -0.174. The molecule has 0 aromatic heterocycles. The maximum Gasteiger partial charge on any atom is 0.411 e. The molecule has 1 atom stereocenters. The van der Waals surface area contributed by atoms with E-state index in [1.165, 1.54) is 0 Å². The summed E-state index contributed by atoms with van der Waals surface area (Å²) in [6.07, 6.45) is -3.38. The molecule has 0 spiro atoms. The first-order chi connectivity index (χ1) is 7.92. The quantitative estimate of drug-likeness (QED) is 0.868. The molecule has 2 nitrogen and oxygen atoms in total. The fourth-order valence-electron chi connectivity index (χ4n) is 1.40. The summed E-state index contributed by atoms with van der Waals surface area (Å²) < 4.78 is 40.0. The second kappa shape index (κ2) is 6.02. The van der Waals surface area contributed by atoms with Crippen LogP contribution in [0.2, 0.25) is 0 Å². The van der Waals surface area contributed by atoms with Crippen molar-refractivity contribution in [1.29, 1.82) is 0 Å². The van der Waals surface area contributed by atoms with Crippen LogP contribution in [0.4, 0.5) is 13.2 Å². The van der Waals surface area contributed by atoms with Gasteiger partial charge in [0.25, 0.3) is 0 Å². The lowest BCUT2D eigenvalue weighted by Gasteiger charge is -2.14. The highest BCUT2D eigenvalue weighted by Gasteiger charge is 2.27. The van der Waals surface area contributed by atoms with Crippen LogP contribution >= 0.6 is 0 Å². The normalized spacial score (nSPS) is 13.7. The third-order valence-electron chi connectivity index (χ3n) is 2.38. The Kier molecular flexibility index (Phi) is 4.96. The van der Waals surface area contributed by atoms with Crippen molar-refractivity contribution in [2.45, 2.75) is 25.6 Å². The molecule has 96 valence electrons. The van der Waals surface area contributed by atoms with Crippen molar-refractivity contribution in [3.05, 3.63) is 35.4 Å². The van der Waals surface area contributed by atoms with E-state index in [4.69, 9.17) is 5.73 Å². The molecule has 5 heteroatoms. The van der Waals surface area contributed by atoms with E-state index in [-0.39, 0.29) is 6.61 Å². The van der Waals surface area contributed by atoms with Crippen LogP contribution in [0.15, 0.2) is 24.3 Å². The molecular formula is C12H16F3NO. The second-order valence-electron chi connectivity index (χ2n) is 3.83. The van der Waals surface area contributed by atoms with Gasteiger partial charge < -0.3 is 10.5 Å². The third kappa shape index (κ3) is 5.19. The molecule has 0 bridgehead atoms. The van der Waals surface area contributed by atoms with Gasteiger partial charge in [-0.1, -0.05) is 31.2 Å². The molecular weight excluding hydrogens is 231 g/mol. The van der Waals surface area contributed by atoms with Gasteiger partial charge in [-0.3, -0.25) is 0 Å². The number of aryl methyl sites for hydroxylation is 1. The van der Waals surface area contributed by atoms with Gasteiger partial charge >= 0.3 is 6.18 Å². The van der Waals surface area contributed by atoms with E-state index in [1.54, 1.807) is 0 Å². The largest absolute Gasteiger partial charge is 0.411 e. The molecule has 0 amide bonds. The molecule has 17 heavy (non-hydrogen) atoms. The van der Waals surface area contributed by atoms with E-state index in [9.17, 15) is 13.2 Å². The van der Waals surface area contributed by atoms with Crippen molar-refractivity contribution in [2.24, 2.45) is 5.73 Å². The number of rotatable bonds is 5. The molecule has 2 N–H and O–H groups in total. The molecule has 1 rings (SSSR count). The van der Waals surface area contributed by atoms with Crippen LogP contribution < -0.4 is 5.73 Å². The summed E-state index contributed by atoms with van der Waals surface area (Å²) in [5.74, 6) is 0. The monoisotopic (exact) mass is 247 g/mol. The predicted molar refractivity (Wildman–Crippen MR) is 59.6 cm³/mol. The maximum absolute atomic E-state index is 11.8. The first kappa shape index (κ1) is 14.0. The average molecular weight is 247 g/mol. The highest BCUT2D eigenvalue weighted by molar-refractivity contribution is 5.24. The van der Waals surface area contributed by atoms with Gasteiger partial charge in [0, 0.05) is 0 Å². The summed E-state index contributed by atoms with van der Waals surface area (Å²) in [6, 6.07) is 6.95. The molecule has 0 aliphatic heterocycles. The Balaban J connectivity index is 2.43. The van der Waals surface area contributed by atoms with Gasteiger partial charge in [0.1, 0.15) is 6.61 Å². The zero-order chi connectivity index (χ0) is 12.9. The number of ether oxygens (including phenoxy) is 1. The van der Waals surface area contributed by atoms with Crippen LogP contribution in [0.25, 0.3) is 0 Å². The highest BCUT2D eigenvalue weighted by Crippen LogP contribution is 2.17. The van der Waals surface area contributed by atoms with Crippen LogP contribution in [0.5, 0.6) is 0 Å². The molecule has 0 radical (unpaired) electrons. The average Bonchev–Trinajstić information content (AvgIpc) is 2.27. The molecule has 0 saturated heterocycles. The Morgan fingerprint density at radius 2 is 1.82 bits per heavy atom. The summed E-state index contributed by atoms with van der Waals surface area (Å²) in [7, 11) is 0. The van der Waals surface area contributed by atoms with Gasteiger partial charge in [-0.2, -0.15) is 13.2 Å². The SMILES string of the molecule is CCc1ccc(C(N)COCC(F)(F)F)cc1. The minimum atomic E-state index is -4.30. The van der Waals surface area contributed by atoms with Crippen LogP contribution in [0.3, 0.4) is 0 Å². The first-order valence-corrected chi connectivity index (χ1v) is 5.41. The van der Waals surface area contributed by atoms with Crippen LogP contribution in [-0.2, 0) is 11.2 Å². The molecule has 1 aromatic carbocycles. The topological polar surface area (TPSA) is 35.2 Å². The summed E-state index contributed by atoms with van der Waals surface area (Å²) in [5, 5.41) is 0. The maximum atomic E-state index is 11.8. The number of benzene rings is 1. The van der Waals surface area contributed by atoms with E-state index in [1.807, 2.05) is 31.2 Å². The number of nitrogens with two attached hydrogens (primary N) is 1. The van der Waals surface area contributed by atoms with Gasteiger partial charge in [0.15, 0.2) is 0 Å². The molecule has 0 aliphatic rings. The van der Waals surface area contributed by atoms with Crippen molar-refractivity contribution < 1.29 is 17.9 Å². The predicted octanol–water partition coefficient (Wildman–Crippen LogP) is 2.83. The van der Waals surface area contributed by atoms with E-state index in [0.29, 0.717) is 0 Å². The van der Waals surface area contributed by atoms with Crippen LogP contribution in [-0.4, -0.2) is 19.4 Å². The number of hydrogen-bond donors (Lipinski definition) is 1. The Labute approximate surface area is 98.6 Å². The molecule has 0 fully saturated rings. The molecule has 0 aliphatic carbocycles. The molecule has 1 unspecified atom stereocenters. The fraction of sp³-hybridized carbons (Fsp3) is 0.500. The van der Waals surface area contributed by atoms with Gasteiger partial charge in [0.05, 0.1) is 12.6 Å². The Bertz CT molecular complexity index is 335. The number of alkyl halides is 3. The van der Waals surface area contributed by atoms with Gasteiger partial charge in [-0.25, -0.2) is 0 Å². The van der Waals surface area contributed by atoms with Crippen molar-refractivity contribution >= 4 is 0 Å². The smallest absolute Gasteiger partial charge is 0.370 e. The summed E-state index contributed by atoms with van der Waals surface area (Å²) in [5.41, 5.74) is 7.67. The summed E-state index contributed by atoms with van der Waals surface area (Å²) in [4.78, 5) is 0. The molecule has 0 heterocycles.